The van der Waals surface area contributed by atoms with E-state index < -0.39 is 35.2 Å². The van der Waals surface area contributed by atoms with Crippen molar-refractivity contribution in [3.05, 3.63) is 71.3 Å². The van der Waals surface area contributed by atoms with Crippen molar-refractivity contribution in [2.24, 2.45) is 0 Å². The van der Waals surface area contributed by atoms with Crippen molar-refractivity contribution < 1.29 is 28.2 Å². The number of carbonyl (C=O) groups is 3. The zero-order chi connectivity index (χ0) is 23.2. The van der Waals surface area contributed by atoms with Gasteiger partial charge < -0.3 is 14.8 Å². The highest BCUT2D eigenvalue weighted by Gasteiger charge is 2.56. The Labute approximate surface area is 181 Å². The number of benzene rings is 2. The number of aryl methyl sites for hydroxylation is 1. The Balaban J connectivity index is 2.65. The summed E-state index contributed by atoms with van der Waals surface area (Å²) in [6.45, 7) is 8.02. The second kappa shape index (κ2) is 9.73. The minimum atomic E-state index is -3.22. The molecule has 0 fully saturated rings. The van der Waals surface area contributed by atoms with Crippen molar-refractivity contribution in [2.45, 2.75) is 51.9 Å². The van der Waals surface area contributed by atoms with Crippen molar-refractivity contribution in [2.75, 3.05) is 6.61 Å². The number of halogens is 1. The molecule has 2 aromatic rings. The van der Waals surface area contributed by atoms with Crippen LogP contribution >= 0.6 is 0 Å². The predicted molar refractivity (Wildman–Crippen MR) is 115 cm³/mol. The molecule has 166 valence electrons. The van der Waals surface area contributed by atoms with E-state index >= 15 is 4.39 Å². The molecular formula is C24H28FNO5. The zero-order valence-electron chi connectivity index (χ0n) is 18.4. The van der Waals surface area contributed by atoms with Crippen LogP contribution in [0.5, 0.6) is 0 Å². The molecule has 0 aromatic heterocycles. The molecule has 0 spiro atoms. The monoisotopic (exact) mass is 429 g/mol. The van der Waals surface area contributed by atoms with E-state index in [1.807, 2.05) is 0 Å². The molecule has 2 atom stereocenters. The van der Waals surface area contributed by atoms with Gasteiger partial charge in [0, 0.05) is 5.56 Å². The Kier molecular flexibility index (Phi) is 7.55. The van der Waals surface area contributed by atoms with Gasteiger partial charge in [0.2, 0.25) is 5.78 Å². The Morgan fingerprint density at radius 3 is 2.13 bits per heavy atom. The normalized spacial score (nSPS) is 14.1. The lowest BCUT2D eigenvalue weighted by Crippen LogP contribution is -2.55. The van der Waals surface area contributed by atoms with Crippen LogP contribution in [0.2, 0.25) is 0 Å². The van der Waals surface area contributed by atoms with Crippen LogP contribution in [0.15, 0.2) is 54.6 Å². The van der Waals surface area contributed by atoms with Crippen molar-refractivity contribution in [1.29, 1.82) is 0 Å². The first-order chi connectivity index (χ1) is 14.5. The SMILES string of the molecule is CCOC(=O)[C@](F)(C(=O)c1ccccc1)[C@@H](NC(=O)OC(C)(C)C)c1ccccc1C. The molecule has 7 heteroatoms. The number of nitrogens with one attached hydrogen (secondary N) is 1. The molecule has 6 nitrogen and oxygen atoms in total. The van der Waals surface area contributed by atoms with Crippen LogP contribution in [0, 0.1) is 6.92 Å². The summed E-state index contributed by atoms with van der Waals surface area (Å²) in [5.74, 6) is -2.50. The molecule has 0 aliphatic heterocycles. The number of hydrogen-bond donors (Lipinski definition) is 1. The van der Waals surface area contributed by atoms with E-state index in [1.54, 1.807) is 70.2 Å². The maximum Gasteiger partial charge on any atom is 0.408 e. The number of alkyl halides is 1. The van der Waals surface area contributed by atoms with E-state index in [4.69, 9.17) is 9.47 Å². The van der Waals surface area contributed by atoms with E-state index in [1.165, 1.54) is 19.1 Å². The fourth-order valence-corrected chi connectivity index (χ4v) is 3.10. The summed E-state index contributed by atoms with van der Waals surface area (Å²) in [4.78, 5) is 38.7. The summed E-state index contributed by atoms with van der Waals surface area (Å²) >= 11 is 0. The second-order valence-corrected chi connectivity index (χ2v) is 8.06. The molecule has 0 heterocycles. The van der Waals surface area contributed by atoms with Gasteiger partial charge in [0.15, 0.2) is 0 Å². The summed E-state index contributed by atoms with van der Waals surface area (Å²) in [5.41, 5.74) is -3.28. The summed E-state index contributed by atoms with van der Waals surface area (Å²) < 4.78 is 26.9. The van der Waals surface area contributed by atoms with Gasteiger partial charge in [-0.25, -0.2) is 14.0 Å². The summed E-state index contributed by atoms with van der Waals surface area (Å²) in [7, 11) is 0. The predicted octanol–water partition coefficient (Wildman–Crippen LogP) is 4.72. The molecule has 1 N–H and O–H groups in total. The highest BCUT2D eigenvalue weighted by atomic mass is 19.1. The average molecular weight is 429 g/mol. The number of amides is 1. The Bertz CT molecular complexity index is 938. The molecule has 0 unspecified atom stereocenters. The standard InChI is InChI=1S/C24H28FNO5/c1-6-30-21(28)24(25,20(27)17-13-8-7-9-14-17)19(18-15-11-10-12-16(18)2)26-22(29)31-23(3,4)5/h7-15,19H,6H2,1-5H3,(H,26,29)/t19-,24+/m0/s1. The molecule has 2 aromatic carbocycles. The first kappa shape index (κ1) is 24.1. The van der Waals surface area contributed by atoms with Gasteiger partial charge in [0.25, 0.3) is 5.67 Å². The van der Waals surface area contributed by atoms with E-state index in [0.717, 1.165) is 0 Å². The van der Waals surface area contributed by atoms with Gasteiger partial charge in [-0.05, 0) is 45.7 Å². The Morgan fingerprint density at radius 2 is 1.58 bits per heavy atom. The molecule has 31 heavy (non-hydrogen) atoms. The van der Waals surface area contributed by atoms with Gasteiger partial charge in [-0.2, -0.15) is 0 Å². The topological polar surface area (TPSA) is 81.7 Å². The third kappa shape index (κ3) is 5.69. The minimum absolute atomic E-state index is 0.0253. The number of alkyl carbamates (subject to hydrolysis) is 1. The van der Waals surface area contributed by atoms with Crippen LogP contribution in [0.4, 0.5) is 9.18 Å². The van der Waals surface area contributed by atoms with E-state index in [0.29, 0.717) is 5.56 Å². The van der Waals surface area contributed by atoms with Crippen molar-refractivity contribution in [1.82, 2.24) is 5.32 Å². The Morgan fingerprint density at radius 1 is 1.00 bits per heavy atom. The molecule has 2 rings (SSSR count). The molecule has 0 aliphatic rings. The van der Waals surface area contributed by atoms with Crippen LogP contribution < -0.4 is 5.32 Å². The third-order valence-corrected chi connectivity index (χ3v) is 4.50. The first-order valence-electron chi connectivity index (χ1n) is 10.0. The number of ketones is 1. The highest BCUT2D eigenvalue weighted by Crippen LogP contribution is 2.36. The number of rotatable bonds is 7. The average Bonchev–Trinajstić information content (AvgIpc) is 2.71. The quantitative estimate of drug-likeness (QED) is 0.391. The number of esters is 1. The zero-order valence-corrected chi connectivity index (χ0v) is 18.4. The smallest absolute Gasteiger partial charge is 0.408 e. The molecule has 1 amide bonds. The highest BCUT2D eigenvalue weighted by molar-refractivity contribution is 6.16. The lowest BCUT2D eigenvalue weighted by Gasteiger charge is -2.33. The third-order valence-electron chi connectivity index (χ3n) is 4.50. The number of Topliss-reactive ketones (excluding diaryl/α,β-unsaturated/α-hetero) is 1. The number of hydrogen-bond acceptors (Lipinski definition) is 5. The van der Waals surface area contributed by atoms with E-state index in [2.05, 4.69) is 5.32 Å². The van der Waals surface area contributed by atoms with Crippen LogP contribution in [0.3, 0.4) is 0 Å². The molecular weight excluding hydrogens is 401 g/mol. The van der Waals surface area contributed by atoms with Gasteiger partial charge in [-0.3, -0.25) is 4.79 Å². The van der Waals surface area contributed by atoms with Crippen LogP contribution in [-0.4, -0.2) is 35.7 Å². The fourth-order valence-electron chi connectivity index (χ4n) is 3.10. The molecule has 0 saturated heterocycles. The van der Waals surface area contributed by atoms with Gasteiger partial charge in [0.1, 0.15) is 11.6 Å². The van der Waals surface area contributed by atoms with Crippen LogP contribution in [0.25, 0.3) is 0 Å². The molecule has 0 radical (unpaired) electrons. The lowest BCUT2D eigenvalue weighted by molar-refractivity contribution is -0.155. The number of carbonyl (C=O) groups excluding carboxylic acids is 3. The van der Waals surface area contributed by atoms with Crippen LogP contribution in [-0.2, 0) is 14.3 Å². The second-order valence-electron chi connectivity index (χ2n) is 8.06. The molecule has 0 saturated carbocycles. The van der Waals surface area contributed by atoms with Crippen LogP contribution in [0.1, 0.15) is 55.2 Å². The van der Waals surface area contributed by atoms with Crippen molar-refractivity contribution in [3.8, 4) is 0 Å². The van der Waals surface area contributed by atoms with E-state index in [-0.39, 0.29) is 17.7 Å². The Hall–Kier alpha value is -3.22. The fraction of sp³-hybridized carbons (Fsp3) is 0.375. The largest absolute Gasteiger partial charge is 0.463 e. The van der Waals surface area contributed by atoms with Crippen molar-refractivity contribution >= 4 is 17.8 Å². The van der Waals surface area contributed by atoms with Gasteiger partial charge in [-0.1, -0.05) is 54.6 Å². The maximum atomic E-state index is 16.7. The lowest BCUT2D eigenvalue weighted by atomic mass is 9.82. The first-order valence-corrected chi connectivity index (χ1v) is 10.0. The maximum absolute atomic E-state index is 16.7. The van der Waals surface area contributed by atoms with E-state index in [9.17, 15) is 14.4 Å². The minimum Gasteiger partial charge on any atom is -0.463 e. The summed E-state index contributed by atoms with van der Waals surface area (Å²) in [6.07, 6.45) is -0.965. The van der Waals surface area contributed by atoms with Gasteiger partial charge >= 0.3 is 12.1 Å². The molecule has 0 aliphatic carbocycles. The summed E-state index contributed by atoms with van der Waals surface area (Å²) in [5, 5.41) is 2.40. The van der Waals surface area contributed by atoms with Crippen molar-refractivity contribution in [3.63, 3.8) is 0 Å². The van der Waals surface area contributed by atoms with Gasteiger partial charge in [-0.15, -0.1) is 0 Å². The van der Waals surface area contributed by atoms with Gasteiger partial charge in [0.05, 0.1) is 6.61 Å². The summed E-state index contributed by atoms with van der Waals surface area (Å²) in [6, 6.07) is 12.5. The number of ether oxygens (including phenoxy) is 2. The molecule has 0 bridgehead atoms.